The molecule has 34 heavy (non-hydrogen) atoms. The minimum absolute atomic E-state index is 0.177. The number of benzene rings is 3. The molecule has 1 fully saturated rings. The number of likely N-dealkylation sites (N-methyl/N-ethyl adjacent to an activating group) is 1. The fourth-order valence-electron chi connectivity index (χ4n) is 3.06. The van der Waals surface area contributed by atoms with E-state index in [-0.39, 0.29) is 11.5 Å². The molecule has 0 atom stereocenters. The van der Waals surface area contributed by atoms with E-state index < -0.39 is 5.97 Å². The molecule has 172 valence electrons. The number of halogens is 2. The second-order valence-corrected chi connectivity index (χ2v) is 9.99. The van der Waals surface area contributed by atoms with Crippen LogP contribution < -0.4 is 4.74 Å². The second kappa shape index (κ2) is 10.6. The fourth-order valence-corrected chi connectivity index (χ4v) is 4.65. The van der Waals surface area contributed by atoms with Crippen molar-refractivity contribution in [1.82, 2.24) is 4.90 Å². The Kier molecular flexibility index (Phi) is 7.60. The molecule has 6 nitrogen and oxygen atoms in total. The Morgan fingerprint density at radius 3 is 2.50 bits per heavy atom. The number of thioether (sulfide) groups is 1. The second-order valence-electron chi connectivity index (χ2n) is 7.33. The van der Waals surface area contributed by atoms with Crippen LogP contribution in [0.2, 0.25) is 5.02 Å². The third-order valence-corrected chi connectivity index (χ3v) is 6.98. The average molecular weight is 605 g/mol. The van der Waals surface area contributed by atoms with E-state index in [1.54, 1.807) is 37.4 Å². The van der Waals surface area contributed by atoms with Gasteiger partial charge in [0.2, 0.25) is 0 Å². The first-order valence-electron chi connectivity index (χ1n) is 10.1. The molecule has 0 spiro atoms. The molecule has 0 saturated carbocycles. The maximum absolute atomic E-state index is 12.7. The van der Waals surface area contributed by atoms with Gasteiger partial charge in [-0.05, 0) is 100 Å². The van der Waals surface area contributed by atoms with Crippen LogP contribution in [0, 0.1) is 3.57 Å². The summed E-state index contributed by atoms with van der Waals surface area (Å²) in [6, 6.07) is 19.6. The van der Waals surface area contributed by atoms with Crippen LogP contribution in [0.25, 0.3) is 6.08 Å². The molecule has 1 aliphatic heterocycles. The van der Waals surface area contributed by atoms with Crippen molar-refractivity contribution < 1.29 is 19.4 Å². The highest BCUT2D eigenvalue weighted by molar-refractivity contribution is 14.1. The van der Waals surface area contributed by atoms with Gasteiger partial charge in [-0.1, -0.05) is 29.8 Å². The van der Waals surface area contributed by atoms with Crippen molar-refractivity contribution in [3.63, 3.8) is 0 Å². The summed E-state index contributed by atoms with van der Waals surface area (Å²) in [4.78, 5) is 30.2. The number of hydrogen-bond acceptors (Lipinski definition) is 5. The van der Waals surface area contributed by atoms with E-state index in [0.29, 0.717) is 33.1 Å². The summed E-state index contributed by atoms with van der Waals surface area (Å²) in [5.74, 6) is -0.616. The molecule has 0 radical (unpaired) electrons. The molecule has 0 aromatic heterocycles. The normalized spacial score (nSPS) is 15.9. The van der Waals surface area contributed by atoms with Gasteiger partial charge in [0, 0.05) is 10.6 Å². The van der Waals surface area contributed by atoms with E-state index in [4.69, 9.17) is 21.4 Å². The van der Waals surface area contributed by atoms with Gasteiger partial charge in [-0.25, -0.2) is 9.79 Å². The maximum Gasteiger partial charge on any atom is 0.335 e. The van der Waals surface area contributed by atoms with Crippen LogP contribution in [0.4, 0.5) is 5.69 Å². The van der Waals surface area contributed by atoms with Gasteiger partial charge < -0.3 is 9.84 Å². The molecule has 0 aliphatic carbocycles. The van der Waals surface area contributed by atoms with E-state index in [2.05, 4.69) is 27.6 Å². The van der Waals surface area contributed by atoms with Crippen molar-refractivity contribution >= 4 is 74.8 Å². The van der Waals surface area contributed by atoms with Crippen molar-refractivity contribution in [2.75, 3.05) is 7.05 Å². The summed E-state index contributed by atoms with van der Waals surface area (Å²) < 4.78 is 7.00. The fraction of sp³-hybridized carbons (Fsp3) is 0.0800. The topological polar surface area (TPSA) is 79.2 Å². The van der Waals surface area contributed by atoms with Crippen molar-refractivity contribution in [2.24, 2.45) is 4.99 Å². The van der Waals surface area contributed by atoms with E-state index in [0.717, 1.165) is 14.7 Å². The number of rotatable bonds is 6. The summed E-state index contributed by atoms with van der Waals surface area (Å²) >= 11 is 9.92. The summed E-state index contributed by atoms with van der Waals surface area (Å²) in [6.45, 7) is 0.406. The number of carboxylic acids is 1. The number of amidine groups is 1. The summed E-state index contributed by atoms with van der Waals surface area (Å²) in [6.07, 6.45) is 1.76. The van der Waals surface area contributed by atoms with E-state index in [1.807, 2.05) is 30.3 Å². The van der Waals surface area contributed by atoms with Gasteiger partial charge in [0.25, 0.3) is 5.91 Å². The molecule has 1 heterocycles. The van der Waals surface area contributed by atoms with Crippen molar-refractivity contribution in [3.05, 3.63) is 96.9 Å². The van der Waals surface area contributed by atoms with Crippen molar-refractivity contribution in [2.45, 2.75) is 6.61 Å². The van der Waals surface area contributed by atoms with Gasteiger partial charge in [0.15, 0.2) is 5.17 Å². The Balaban J connectivity index is 1.47. The van der Waals surface area contributed by atoms with Crippen LogP contribution in [-0.2, 0) is 11.4 Å². The SMILES string of the molecule is CN1C(=O)C(=Cc2ccc(OCc3ccc(I)cc3)c(Cl)c2)SC1=Nc1ccc(C(=O)O)cc1. The van der Waals surface area contributed by atoms with Gasteiger partial charge >= 0.3 is 5.97 Å². The smallest absolute Gasteiger partial charge is 0.335 e. The number of nitrogens with zero attached hydrogens (tertiary/aromatic N) is 2. The molecule has 3 aromatic carbocycles. The summed E-state index contributed by atoms with van der Waals surface area (Å²) in [5.41, 5.74) is 2.55. The van der Waals surface area contributed by atoms with E-state index >= 15 is 0 Å². The predicted octanol–water partition coefficient (Wildman–Crippen LogP) is 6.46. The molecule has 0 bridgehead atoms. The molecule has 0 unspecified atom stereocenters. The van der Waals surface area contributed by atoms with Gasteiger partial charge in [-0.3, -0.25) is 9.69 Å². The Labute approximate surface area is 219 Å². The van der Waals surface area contributed by atoms with Gasteiger partial charge in [0.05, 0.1) is 21.2 Å². The lowest BCUT2D eigenvalue weighted by Crippen LogP contribution is -2.23. The van der Waals surface area contributed by atoms with Gasteiger partial charge in [-0.2, -0.15) is 0 Å². The average Bonchev–Trinajstić information content (AvgIpc) is 3.07. The van der Waals surface area contributed by atoms with E-state index in [1.165, 1.54) is 28.8 Å². The summed E-state index contributed by atoms with van der Waals surface area (Å²) in [7, 11) is 1.65. The molecule has 1 N–H and O–H groups in total. The Morgan fingerprint density at radius 2 is 1.85 bits per heavy atom. The summed E-state index contributed by atoms with van der Waals surface area (Å²) in [5, 5.41) is 9.98. The zero-order valence-corrected chi connectivity index (χ0v) is 21.6. The highest BCUT2D eigenvalue weighted by atomic mass is 127. The first-order valence-corrected chi connectivity index (χ1v) is 12.3. The zero-order chi connectivity index (χ0) is 24.2. The number of ether oxygens (including phenoxy) is 1. The number of aromatic carboxylic acids is 1. The standard InChI is InChI=1S/C25H18ClIN2O4S/c1-29-23(30)22(34-25(29)28-19-9-5-17(6-10-19)24(31)32)13-16-4-11-21(20(26)12-16)33-14-15-2-7-18(27)8-3-15/h2-13H,14H2,1H3,(H,31,32). The maximum atomic E-state index is 12.7. The minimum Gasteiger partial charge on any atom is -0.487 e. The highest BCUT2D eigenvalue weighted by Crippen LogP contribution is 2.34. The molecule has 1 amide bonds. The first-order chi connectivity index (χ1) is 16.3. The molecular formula is C25H18ClIN2O4S. The predicted molar refractivity (Wildman–Crippen MR) is 144 cm³/mol. The monoisotopic (exact) mass is 604 g/mol. The number of amides is 1. The number of carbonyl (C=O) groups is 2. The van der Waals surface area contributed by atoms with Crippen LogP contribution in [0.5, 0.6) is 5.75 Å². The molecule has 1 saturated heterocycles. The lowest BCUT2D eigenvalue weighted by atomic mass is 10.2. The molecule has 4 rings (SSSR count). The minimum atomic E-state index is -1.00. The lowest BCUT2D eigenvalue weighted by Gasteiger charge is -2.09. The third kappa shape index (κ3) is 5.81. The van der Waals surface area contributed by atoms with Crippen LogP contribution >= 0.6 is 46.0 Å². The van der Waals surface area contributed by atoms with Crippen LogP contribution in [0.15, 0.2) is 76.6 Å². The number of hydrogen-bond donors (Lipinski definition) is 1. The van der Waals surface area contributed by atoms with Crippen LogP contribution in [0.1, 0.15) is 21.5 Å². The zero-order valence-electron chi connectivity index (χ0n) is 17.9. The quantitative estimate of drug-likeness (QED) is 0.258. The van der Waals surface area contributed by atoms with Gasteiger partial charge in [0.1, 0.15) is 12.4 Å². The molecule has 1 aliphatic rings. The highest BCUT2D eigenvalue weighted by Gasteiger charge is 2.30. The van der Waals surface area contributed by atoms with Crippen molar-refractivity contribution in [1.29, 1.82) is 0 Å². The van der Waals surface area contributed by atoms with Crippen LogP contribution in [-0.4, -0.2) is 34.1 Å². The third-order valence-electron chi connectivity index (χ3n) is 4.90. The Hall–Kier alpha value is -2.82. The largest absolute Gasteiger partial charge is 0.487 e. The number of carboxylic acid groups (broad SMARTS) is 1. The van der Waals surface area contributed by atoms with Gasteiger partial charge in [-0.15, -0.1) is 0 Å². The Bertz CT molecular complexity index is 1310. The number of carbonyl (C=O) groups excluding carboxylic acids is 1. The van der Waals surface area contributed by atoms with Crippen LogP contribution in [0.3, 0.4) is 0 Å². The molecule has 9 heteroatoms. The number of aliphatic imine (C=N–C) groups is 1. The van der Waals surface area contributed by atoms with Crippen molar-refractivity contribution in [3.8, 4) is 5.75 Å². The lowest BCUT2D eigenvalue weighted by molar-refractivity contribution is -0.121. The molecule has 3 aromatic rings. The Morgan fingerprint density at radius 1 is 1.15 bits per heavy atom. The molecular weight excluding hydrogens is 587 g/mol. The van der Waals surface area contributed by atoms with E-state index in [9.17, 15) is 9.59 Å². The first kappa shape index (κ1) is 24.3.